The monoisotopic (exact) mass is 281 g/mol. The van der Waals surface area contributed by atoms with Crippen molar-refractivity contribution in [3.8, 4) is 0 Å². The fourth-order valence-electron chi connectivity index (χ4n) is 2.58. The first-order valence-corrected chi connectivity index (χ1v) is 7.45. The number of likely N-dealkylation sites (N-methyl/N-ethyl adjacent to an activating group) is 1. The molecule has 0 bridgehead atoms. The number of nitrogens with one attached hydrogen (secondary N) is 1. The molecule has 4 nitrogen and oxygen atoms in total. The van der Waals surface area contributed by atoms with Gasteiger partial charge in [0.05, 0.1) is 11.8 Å². The van der Waals surface area contributed by atoms with Crippen molar-refractivity contribution < 1.29 is 4.74 Å². The first-order valence-electron chi connectivity index (χ1n) is 6.57. The maximum atomic E-state index is 5.70. The number of methoxy groups -OCH3 is 1. The van der Waals surface area contributed by atoms with Crippen molar-refractivity contribution in [3.63, 3.8) is 0 Å². The summed E-state index contributed by atoms with van der Waals surface area (Å²) in [4.78, 5) is 5.70. The van der Waals surface area contributed by atoms with E-state index in [1.54, 1.807) is 18.4 Å². The fraction of sp³-hybridized carbons (Fsp3) is 0.643. The van der Waals surface area contributed by atoms with Gasteiger partial charge in [-0.25, -0.2) is 4.98 Å². The zero-order valence-electron chi connectivity index (χ0n) is 12.3. The molecule has 0 amide bonds. The van der Waals surface area contributed by atoms with Crippen molar-refractivity contribution in [2.75, 3.05) is 14.2 Å². The van der Waals surface area contributed by atoms with E-state index in [0.717, 1.165) is 17.1 Å². The quantitative estimate of drug-likeness (QED) is 0.915. The minimum Gasteiger partial charge on any atom is -0.379 e. The Morgan fingerprint density at radius 3 is 2.74 bits per heavy atom. The van der Waals surface area contributed by atoms with Gasteiger partial charge in [0.2, 0.25) is 0 Å². The highest BCUT2D eigenvalue weighted by molar-refractivity contribution is 7.15. The van der Waals surface area contributed by atoms with Crippen molar-refractivity contribution in [3.05, 3.63) is 23.5 Å². The molecule has 2 atom stereocenters. The van der Waals surface area contributed by atoms with Crippen LogP contribution in [0, 0.1) is 5.41 Å². The lowest BCUT2D eigenvalue weighted by Gasteiger charge is -2.35. The van der Waals surface area contributed by atoms with Crippen LogP contribution in [0.15, 0.2) is 17.8 Å². The number of fused-ring (bicyclic) bond motifs is 1. The standard InChI is InChI=1S/C14H23N3OS/c1-14(2,3)12(18-5)11(15-4)8-10-9-17-6-7-19-13(17)16-10/h6-7,9,11-12,15H,8H2,1-5H3. The van der Waals surface area contributed by atoms with E-state index >= 15 is 0 Å². The van der Waals surface area contributed by atoms with Gasteiger partial charge in [0.15, 0.2) is 4.96 Å². The molecule has 2 aromatic heterocycles. The van der Waals surface area contributed by atoms with Gasteiger partial charge in [-0.1, -0.05) is 20.8 Å². The lowest BCUT2D eigenvalue weighted by Crippen LogP contribution is -2.47. The molecule has 0 radical (unpaired) electrons. The van der Waals surface area contributed by atoms with Gasteiger partial charge in [-0.3, -0.25) is 4.40 Å². The lowest BCUT2D eigenvalue weighted by atomic mass is 9.83. The molecule has 0 spiro atoms. The van der Waals surface area contributed by atoms with Crippen molar-refractivity contribution in [2.45, 2.75) is 39.3 Å². The molecule has 0 fully saturated rings. The Labute approximate surface area is 118 Å². The third-order valence-electron chi connectivity index (χ3n) is 3.42. The van der Waals surface area contributed by atoms with Crippen LogP contribution in [0.3, 0.4) is 0 Å². The van der Waals surface area contributed by atoms with Gasteiger partial charge in [-0.05, 0) is 12.5 Å². The molecular formula is C14H23N3OS. The average molecular weight is 281 g/mol. The van der Waals surface area contributed by atoms with Gasteiger partial charge in [0.1, 0.15) is 0 Å². The Balaban J connectivity index is 2.16. The molecular weight excluding hydrogens is 258 g/mol. The molecule has 0 aliphatic heterocycles. The minimum atomic E-state index is 0.0968. The molecule has 5 heteroatoms. The molecule has 2 unspecified atom stereocenters. The van der Waals surface area contributed by atoms with Crippen molar-refractivity contribution in [2.24, 2.45) is 5.41 Å². The summed E-state index contributed by atoms with van der Waals surface area (Å²) in [5, 5.41) is 5.42. The number of rotatable bonds is 5. The second kappa shape index (κ2) is 5.61. The van der Waals surface area contributed by atoms with E-state index in [0.29, 0.717) is 0 Å². The Kier molecular flexibility index (Phi) is 4.28. The molecule has 0 aliphatic rings. The summed E-state index contributed by atoms with van der Waals surface area (Å²) in [5.74, 6) is 0. The van der Waals surface area contributed by atoms with Crippen LogP contribution in [0.5, 0.6) is 0 Å². The second-order valence-electron chi connectivity index (χ2n) is 5.95. The van der Waals surface area contributed by atoms with E-state index in [9.17, 15) is 0 Å². The largest absolute Gasteiger partial charge is 0.379 e. The van der Waals surface area contributed by atoms with Gasteiger partial charge in [-0.15, -0.1) is 11.3 Å². The number of hydrogen-bond donors (Lipinski definition) is 1. The lowest BCUT2D eigenvalue weighted by molar-refractivity contribution is -0.00939. The van der Waals surface area contributed by atoms with E-state index in [-0.39, 0.29) is 17.6 Å². The number of thiazole rings is 1. The summed E-state index contributed by atoms with van der Waals surface area (Å²) in [6, 6.07) is 0.259. The maximum Gasteiger partial charge on any atom is 0.193 e. The van der Waals surface area contributed by atoms with Gasteiger partial charge < -0.3 is 10.1 Å². The average Bonchev–Trinajstić information content (AvgIpc) is 2.87. The summed E-state index contributed by atoms with van der Waals surface area (Å²) >= 11 is 1.66. The van der Waals surface area contributed by atoms with E-state index in [1.807, 2.05) is 13.2 Å². The second-order valence-corrected chi connectivity index (χ2v) is 6.82. The predicted molar refractivity (Wildman–Crippen MR) is 79.9 cm³/mol. The van der Waals surface area contributed by atoms with Crippen LogP contribution >= 0.6 is 11.3 Å². The summed E-state index contributed by atoms with van der Waals surface area (Å²) in [7, 11) is 3.77. The van der Waals surface area contributed by atoms with Gasteiger partial charge in [-0.2, -0.15) is 0 Å². The van der Waals surface area contributed by atoms with Crippen LogP contribution in [-0.4, -0.2) is 35.7 Å². The predicted octanol–water partition coefficient (Wildman–Crippen LogP) is 2.59. The highest BCUT2D eigenvalue weighted by Crippen LogP contribution is 2.26. The Morgan fingerprint density at radius 2 is 2.21 bits per heavy atom. The van der Waals surface area contributed by atoms with Crippen LogP contribution in [0.25, 0.3) is 4.96 Å². The Bertz CT molecular complexity index is 498. The van der Waals surface area contributed by atoms with Crippen LogP contribution in [0.2, 0.25) is 0 Å². The maximum absolute atomic E-state index is 5.70. The number of aromatic nitrogens is 2. The highest BCUT2D eigenvalue weighted by atomic mass is 32.1. The zero-order chi connectivity index (χ0) is 14.0. The topological polar surface area (TPSA) is 38.6 Å². The van der Waals surface area contributed by atoms with Crippen molar-refractivity contribution >= 4 is 16.3 Å². The van der Waals surface area contributed by atoms with E-state index in [4.69, 9.17) is 4.74 Å². The van der Waals surface area contributed by atoms with Crippen molar-refractivity contribution in [1.82, 2.24) is 14.7 Å². The van der Waals surface area contributed by atoms with Gasteiger partial charge >= 0.3 is 0 Å². The number of ether oxygens (including phenoxy) is 1. The molecule has 2 heterocycles. The van der Waals surface area contributed by atoms with E-state index < -0.39 is 0 Å². The third-order valence-corrected chi connectivity index (χ3v) is 4.19. The number of imidazole rings is 1. The third kappa shape index (κ3) is 3.16. The number of hydrogen-bond acceptors (Lipinski definition) is 4. The highest BCUT2D eigenvalue weighted by Gasteiger charge is 2.32. The first-order chi connectivity index (χ1) is 8.95. The molecule has 1 N–H and O–H groups in total. The molecule has 2 aromatic rings. The molecule has 2 rings (SSSR count). The van der Waals surface area contributed by atoms with Crippen LogP contribution in [0.4, 0.5) is 0 Å². The normalized spacial score (nSPS) is 15.8. The molecule has 0 aliphatic carbocycles. The van der Waals surface area contributed by atoms with E-state index in [1.165, 1.54) is 0 Å². The van der Waals surface area contributed by atoms with Crippen LogP contribution in [-0.2, 0) is 11.2 Å². The molecule has 0 saturated heterocycles. The molecule has 19 heavy (non-hydrogen) atoms. The summed E-state index contributed by atoms with van der Waals surface area (Å²) in [6.45, 7) is 6.62. The van der Waals surface area contributed by atoms with Gasteiger partial charge in [0.25, 0.3) is 0 Å². The van der Waals surface area contributed by atoms with E-state index in [2.05, 4.69) is 47.0 Å². The fourth-order valence-corrected chi connectivity index (χ4v) is 3.30. The molecule has 106 valence electrons. The van der Waals surface area contributed by atoms with Gasteiger partial charge in [0, 0.05) is 37.3 Å². The summed E-state index contributed by atoms with van der Waals surface area (Å²) in [5.41, 5.74) is 1.21. The SMILES string of the molecule is CNC(Cc1cn2ccsc2n1)C(OC)C(C)(C)C. The molecule has 0 saturated carbocycles. The van der Waals surface area contributed by atoms with Crippen LogP contribution in [0.1, 0.15) is 26.5 Å². The summed E-state index contributed by atoms with van der Waals surface area (Å²) in [6.07, 6.45) is 5.17. The Hall–Kier alpha value is -0.910. The molecule has 0 aromatic carbocycles. The smallest absolute Gasteiger partial charge is 0.193 e. The Morgan fingerprint density at radius 1 is 1.47 bits per heavy atom. The van der Waals surface area contributed by atoms with Crippen LogP contribution < -0.4 is 5.32 Å². The first kappa shape index (κ1) is 14.5. The zero-order valence-corrected chi connectivity index (χ0v) is 13.1. The number of nitrogens with zero attached hydrogens (tertiary/aromatic N) is 2. The van der Waals surface area contributed by atoms with Crippen molar-refractivity contribution in [1.29, 1.82) is 0 Å². The summed E-state index contributed by atoms with van der Waals surface area (Å²) < 4.78 is 7.78. The minimum absolute atomic E-state index is 0.0968.